The molecule has 0 fully saturated rings. The standard InChI is InChI=1S/C48H30N4O/c1-4-12-31(13-5-1)48-50-42-29-34(32-20-22-44-39(26-32)37-18-10-11-19-43(37)51(44)35-14-6-2-7-15-35)28-38(47(42)53-48)33-21-23-45-40(27-33)41-30-49-25-24-46(41)52(45)36-16-8-3-9-17-36/h1-30H. The zero-order valence-electron chi connectivity index (χ0n) is 28.5. The minimum Gasteiger partial charge on any atom is -0.435 e. The molecular formula is C48H30N4O. The van der Waals surface area contributed by atoms with Crippen LogP contribution in [0.5, 0.6) is 0 Å². The van der Waals surface area contributed by atoms with E-state index in [4.69, 9.17) is 9.40 Å². The lowest BCUT2D eigenvalue weighted by Gasteiger charge is -2.10. The van der Waals surface area contributed by atoms with E-state index in [-0.39, 0.29) is 0 Å². The molecule has 11 rings (SSSR count). The second-order valence-corrected chi connectivity index (χ2v) is 13.5. The van der Waals surface area contributed by atoms with E-state index in [0.29, 0.717) is 5.89 Å². The minimum atomic E-state index is 0.603. The first-order chi connectivity index (χ1) is 26.3. The fourth-order valence-electron chi connectivity index (χ4n) is 8.01. The first kappa shape index (κ1) is 29.5. The highest BCUT2D eigenvalue weighted by atomic mass is 16.3. The highest BCUT2D eigenvalue weighted by Crippen LogP contribution is 2.41. The van der Waals surface area contributed by atoms with Crippen LogP contribution in [0.1, 0.15) is 0 Å². The summed E-state index contributed by atoms with van der Waals surface area (Å²) >= 11 is 0. The van der Waals surface area contributed by atoms with Crippen LogP contribution in [0.3, 0.4) is 0 Å². The first-order valence-corrected chi connectivity index (χ1v) is 17.8. The summed E-state index contributed by atoms with van der Waals surface area (Å²) in [5.41, 5.74) is 13.6. The van der Waals surface area contributed by atoms with E-state index in [2.05, 4.69) is 154 Å². The Morgan fingerprint density at radius 3 is 1.74 bits per heavy atom. The molecule has 0 unspecified atom stereocenters. The minimum absolute atomic E-state index is 0.603. The average molecular weight is 679 g/mol. The van der Waals surface area contributed by atoms with Crippen molar-refractivity contribution in [1.82, 2.24) is 19.1 Å². The third-order valence-corrected chi connectivity index (χ3v) is 10.4. The van der Waals surface area contributed by atoms with Gasteiger partial charge in [-0.25, -0.2) is 4.98 Å². The number of rotatable bonds is 5. The second-order valence-electron chi connectivity index (χ2n) is 13.5. The molecule has 7 aromatic carbocycles. The third kappa shape index (κ3) is 4.64. The second kappa shape index (κ2) is 11.7. The molecule has 0 N–H and O–H groups in total. The molecule has 0 bridgehead atoms. The summed E-state index contributed by atoms with van der Waals surface area (Å²) in [4.78, 5) is 9.62. The summed E-state index contributed by atoms with van der Waals surface area (Å²) in [5, 5.41) is 4.65. The Hall–Kier alpha value is -7.24. The molecule has 0 amide bonds. The Morgan fingerprint density at radius 2 is 1.00 bits per heavy atom. The van der Waals surface area contributed by atoms with Crippen LogP contribution >= 0.6 is 0 Å². The van der Waals surface area contributed by atoms with E-state index >= 15 is 0 Å². The Balaban J connectivity index is 1.15. The quantitative estimate of drug-likeness (QED) is 0.182. The fraction of sp³-hybridized carbons (Fsp3) is 0. The lowest BCUT2D eigenvalue weighted by Crippen LogP contribution is -1.93. The highest BCUT2D eigenvalue weighted by Gasteiger charge is 2.20. The van der Waals surface area contributed by atoms with Crippen LogP contribution in [-0.2, 0) is 0 Å². The van der Waals surface area contributed by atoms with Gasteiger partial charge in [-0.1, -0.05) is 84.9 Å². The zero-order chi connectivity index (χ0) is 34.9. The number of hydrogen-bond acceptors (Lipinski definition) is 3. The van der Waals surface area contributed by atoms with Gasteiger partial charge in [0.25, 0.3) is 0 Å². The van der Waals surface area contributed by atoms with Gasteiger partial charge in [0, 0.05) is 56.4 Å². The first-order valence-electron chi connectivity index (χ1n) is 17.8. The van der Waals surface area contributed by atoms with Gasteiger partial charge in [0.2, 0.25) is 5.89 Å². The number of pyridine rings is 1. The molecule has 0 atom stereocenters. The summed E-state index contributed by atoms with van der Waals surface area (Å²) in [6, 6.07) is 59.9. The van der Waals surface area contributed by atoms with Crippen molar-refractivity contribution >= 4 is 54.7 Å². The molecule has 5 heteroatoms. The van der Waals surface area contributed by atoms with E-state index in [1.54, 1.807) is 0 Å². The average Bonchev–Trinajstić information content (AvgIpc) is 3.91. The predicted molar refractivity (Wildman–Crippen MR) is 217 cm³/mol. The summed E-state index contributed by atoms with van der Waals surface area (Å²) in [7, 11) is 0. The Kier molecular flexibility index (Phi) is 6.48. The molecule has 5 nitrogen and oxygen atoms in total. The number of aromatic nitrogens is 4. The number of hydrogen-bond donors (Lipinski definition) is 0. The molecule has 0 aliphatic heterocycles. The van der Waals surface area contributed by atoms with Gasteiger partial charge in [0.05, 0.1) is 22.1 Å². The summed E-state index contributed by atoms with van der Waals surface area (Å²) in [5.74, 6) is 0.603. The van der Waals surface area contributed by atoms with Crippen LogP contribution in [-0.4, -0.2) is 19.1 Å². The number of oxazole rings is 1. The molecule has 53 heavy (non-hydrogen) atoms. The van der Waals surface area contributed by atoms with E-state index in [1.165, 1.54) is 21.8 Å². The van der Waals surface area contributed by atoms with Crippen molar-refractivity contribution in [1.29, 1.82) is 0 Å². The van der Waals surface area contributed by atoms with Gasteiger partial charge in [-0.15, -0.1) is 0 Å². The molecule has 0 spiro atoms. The Labute approximate surface area is 304 Å². The Morgan fingerprint density at radius 1 is 0.415 bits per heavy atom. The molecule has 0 saturated heterocycles. The maximum Gasteiger partial charge on any atom is 0.227 e. The highest BCUT2D eigenvalue weighted by molar-refractivity contribution is 6.12. The van der Waals surface area contributed by atoms with Gasteiger partial charge in [0.15, 0.2) is 5.58 Å². The summed E-state index contributed by atoms with van der Waals surface area (Å²) in [6.07, 6.45) is 3.83. The predicted octanol–water partition coefficient (Wildman–Crippen LogP) is 12.4. The van der Waals surface area contributed by atoms with Crippen LogP contribution in [0, 0.1) is 0 Å². The van der Waals surface area contributed by atoms with Crippen molar-refractivity contribution in [3.05, 3.63) is 182 Å². The molecule has 0 saturated carbocycles. The number of nitrogens with zero attached hydrogens (tertiary/aromatic N) is 4. The van der Waals surface area contributed by atoms with Gasteiger partial charge in [-0.2, -0.15) is 0 Å². The van der Waals surface area contributed by atoms with Crippen LogP contribution in [0.25, 0.3) is 99.8 Å². The van der Waals surface area contributed by atoms with Crippen molar-refractivity contribution < 1.29 is 4.42 Å². The van der Waals surface area contributed by atoms with Crippen molar-refractivity contribution in [2.75, 3.05) is 0 Å². The molecule has 0 aliphatic carbocycles. The largest absolute Gasteiger partial charge is 0.435 e. The van der Waals surface area contributed by atoms with Crippen molar-refractivity contribution in [3.63, 3.8) is 0 Å². The number of para-hydroxylation sites is 3. The number of benzene rings is 7. The third-order valence-electron chi connectivity index (χ3n) is 10.4. The molecule has 0 radical (unpaired) electrons. The van der Waals surface area contributed by atoms with Crippen LogP contribution in [0.4, 0.5) is 0 Å². The number of fused-ring (bicyclic) bond motifs is 7. The maximum atomic E-state index is 6.65. The monoisotopic (exact) mass is 678 g/mol. The normalized spacial score (nSPS) is 11.8. The molecule has 0 aliphatic rings. The van der Waals surface area contributed by atoms with E-state index in [9.17, 15) is 0 Å². The summed E-state index contributed by atoms with van der Waals surface area (Å²) < 4.78 is 11.3. The van der Waals surface area contributed by atoms with E-state index < -0.39 is 0 Å². The van der Waals surface area contributed by atoms with E-state index in [0.717, 1.165) is 72.1 Å². The van der Waals surface area contributed by atoms with E-state index in [1.807, 2.05) is 42.7 Å². The lowest BCUT2D eigenvalue weighted by molar-refractivity contribution is 0.621. The van der Waals surface area contributed by atoms with Crippen LogP contribution < -0.4 is 0 Å². The SMILES string of the molecule is c1ccc(-c2nc3cc(-c4ccc5c(c4)c4ccccc4n5-c4ccccc4)cc(-c4ccc5c(c4)c4cnccc4n5-c4ccccc4)c3o2)cc1. The van der Waals surface area contributed by atoms with Gasteiger partial charge >= 0.3 is 0 Å². The van der Waals surface area contributed by atoms with Crippen LogP contribution in [0.2, 0.25) is 0 Å². The van der Waals surface area contributed by atoms with Gasteiger partial charge < -0.3 is 13.6 Å². The van der Waals surface area contributed by atoms with Gasteiger partial charge in [-0.3, -0.25) is 4.98 Å². The lowest BCUT2D eigenvalue weighted by atomic mass is 9.96. The van der Waals surface area contributed by atoms with Crippen molar-refractivity contribution in [2.45, 2.75) is 0 Å². The van der Waals surface area contributed by atoms with Crippen molar-refractivity contribution in [2.24, 2.45) is 0 Å². The topological polar surface area (TPSA) is 48.8 Å². The smallest absolute Gasteiger partial charge is 0.227 e. The van der Waals surface area contributed by atoms with Crippen molar-refractivity contribution in [3.8, 4) is 45.1 Å². The Bertz CT molecular complexity index is 3160. The molecule has 4 aromatic heterocycles. The fourth-order valence-corrected chi connectivity index (χ4v) is 8.01. The maximum absolute atomic E-state index is 6.65. The summed E-state index contributed by atoms with van der Waals surface area (Å²) in [6.45, 7) is 0. The van der Waals surface area contributed by atoms with Gasteiger partial charge in [0.1, 0.15) is 5.52 Å². The van der Waals surface area contributed by atoms with Gasteiger partial charge in [-0.05, 0) is 102 Å². The molecule has 4 heterocycles. The zero-order valence-corrected chi connectivity index (χ0v) is 28.5. The molecule has 11 aromatic rings. The van der Waals surface area contributed by atoms with Crippen LogP contribution in [0.15, 0.2) is 187 Å². The molecule has 248 valence electrons. The molecular weight excluding hydrogens is 649 g/mol.